The SMILES string of the molecule is CCN(CC)C(=O)Cc1ccc(NC(=O)C(=O)Nc2ccn(CCN(C)C)n2)cc1. The molecule has 30 heavy (non-hydrogen) atoms. The molecular weight excluding hydrogens is 384 g/mol. The number of carbonyl (C=O) groups is 3. The molecule has 3 amide bonds. The molecule has 0 aliphatic heterocycles. The van der Waals surface area contributed by atoms with E-state index in [-0.39, 0.29) is 5.91 Å². The van der Waals surface area contributed by atoms with Gasteiger partial charge in [0.25, 0.3) is 0 Å². The normalized spacial score (nSPS) is 10.7. The zero-order valence-corrected chi connectivity index (χ0v) is 18.0. The van der Waals surface area contributed by atoms with E-state index < -0.39 is 11.8 Å². The number of anilines is 2. The first kappa shape index (κ1) is 23.1. The fourth-order valence-corrected chi connectivity index (χ4v) is 2.78. The molecule has 0 aliphatic carbocycles. The van der Waals surface area contributed by atoms with Crippen LogP contribution in [-0.4, -0.2) is 71.0 Å². The van der Waals surface area contributed by atoms with Crippen LogP contribution in [0.1, 0.15) is 19.4 Å². The number of nitrogens with one attached hydrogen (secondary N) is 2. The van der Waals surface area contributed by atoms with Crippen molar-refractivity contribution in [1.82, 2.24) is 19.6 Å². The molecule has 9 heteroatoms. The van der Waals surface area contributed by atoms with E-state index in [1.165, 1.54) is 0 Å². The van der Waals surface area contributed by atoms with E-state index in [1.54, 1.807) is 46.1 Å². The molecule has 2 N–H and O–H groups in total. The summed E-state index contributed by atoms with van der Waals surface area (Å²) in [5.74, 6) is -1.21. The van der Waals surface area contributed by atoms with Gasteiger partial charge in [0.05, 0.1) is 13.0 Å². The number of aromatic nitrogens is 2. The summed E-state index contributed by atoms with van der Waals surface area (Å²) < 4.78 is 1.70. The molecule has 0 fully saturated rings. The highest BCUT2D eigenvalue weighted by molar-refractivity contribution is 6.43. The number of rotatable bonds is 9. The van der Waals surface area contributed by atoms with Crippen molar-refractivity contribution < 1.29 is 14.4 Å². The topological polar surface area (TPSA) is 99.6 Å². The number of amides is 3. The van der Waals surface area contributed by atoms with E-state index in [2.05, 4.69) is 15.7 Å². The Morgan fingerprint density at radius 3 is 2.20 bits per heavy atom. The Kier molecular flexibility index (Phi) is 8.54. The molecule has 0 atom stereocenters. The van der Waals surface area contributed by atoms with E-state index in [0.717, 1.165) is 12.1 Å². The standard InChI is InChI=1S/C21H30N6O3/c1-5-26(6-2)19(28)15-16-7-9-17(10-8-16)22-20(29)21(30)23-18-11-12-27(24-18)14-13-25(3)4/h7-12H,5-6,13-15H2,1-4H3,(H,22,29)(H,23,24,30). The first-order chi connectivity index (χ1) is 14.3. The molecule has 162 valence electrons. The second kappa shape index (κ2) is 11.1. The maximum absolute atomic E-state index is 12.2. The predicted octanol–water partition coefficient (Wildman–Crippen LogP) is 1.43. The minimum absolute atomic E-state index is 0.0566. The highest BCUT2D eigenvalue weighted by Crippen LogP contribution is 2.11. The zero-order valence-electron chi connectivity index (χ0n) is 18.0. The van der Waals surface area contributed by atoms with E-state index in [1.807, 2.05) is 32.8 Å². The lowest BCUT2D eigenvalue weighted by molar-refractivity contribution is -0.133. The van der Waals surface area contributed by atoms with E-state index in [9.17, 15) is 14.4 Å². The zero-order chi connectivity index (χ0) is 22.1. The second-order valence-electron chi connectivity index (χ2n) is 7.12. The van der Waals surface area contributed by atoms with Gasteiger partial charge >= 0.3 is 11.8 Å². The average Bonchev–Trinajstić information content (AvgIpc) is 3.16. The number of likely N-dealkylation sites (N-methyl/N-ethyl adjacent to an activating group) is 2. The lowest BCUT2D eigenvalue weighted by atomic mass is 10.1. The molecule has 1 heterocycles. The Morgan fingerprint density at radius 1 is 0.967 bits per heavy atom. The van der Waals surface area contributed by atoms with Gasteiger partial charge < -0.3 is 20.4 Å². The van der Waals surface area contributed by atoms with Crippen LogP contribution in [0.25, 0.3) is 0 Å². The number of hydrogen-bond donors (Lipinski definition) is 2. The van der Waals surface area contributed by atoms with Gasteiger partial charge in [-0.3, -0.25) is 19.1 Å². The number of carbonyl (C=O) groups excluding carboxylic acids is 3. The van der Waals surface area contributed by atoms with Crippen LogP contribution in [0.2, 0.25) is 0 Å². The average molecular weight is 415 g/mol. The van der Waals surface area contributed by atoms with Crippen LogP contribution in [-0.2, 0) is 27.3 Å². The van der Waals surface area contributed by atoms with E-state index >= 15 is 0 Å². The highest BCUT2D eigenvalue weighted by atomic mass is 16.2. The Morgan fingerprint density at radius 2 is 1.60 bits per heavy atom. The van der Waals surface area contributed by atoms with Crippen molar-refractivity contribution in [3.8, 4) is 0 Å². The molecule has 0 unspecified atom stereocenters. The van der Waals surface area contributed by atoms with Gasteiger partial charge in [0.15, 0.2) is 5.82 Å². The van der Waals surface area contributed by atoms with Crippen molar-refractivity contribution in [2.45, 2.75) is 26.8 Å². The van der Waals surface area contributed by atoms with Crippen LogP contribution >= 0.6 is 0 Å². The van der Waals surface area contributed by atoms with Crippen molar-refractivity contribution in [1.29, 1.82) is 0 Å². The van der Waals surface area contributed by atoms with Gasteiger partial charge in [-0.15, -0.1) is 0 Å². The van der Waals surface area contributed by atoms with E-state index in [0.29, 0.717) is 37.6 Å². The van der Waals surface area contributed by atoms with Gasteiger partial charge in [-0.2, -0.15) is 5.10 Å². The molecule has 0 radical (unpaired) electrons. The minimum Gasteiger partial charge on any atom is -0.343 e. The van der Waals surface area contributed by atoms with Crippen LogP contribution in [0.5, 0.6) is 0 Å². The van der Waals surface area contributed by atoms with Gasteiger partial charge in [0, 0.05) is 37.6 Å². The van der Waals surface area contributed by atoms with Crippen molar-refractivity contribution in [3.05, 3.63) is 42.1 Å². The Balaban J connectivity index is 1.86. The van der Waals surface area contributed by atoms with Crippen LogP contribution in [0.3, 0.4) is 0 Å². The largest absolute Gasteiger partial charge is 0.343 e. The first-order valence-corrected chi connectivity index (χ1v) is 9.99. The summed E-state index contributed by atoms with van der Waals surface area (Å²) in [6.45, 7) is 6.72. The maximum atomic E-state index is 12.2. The third-order valence-corrected chi connectivity index (χ3v) is 4.55. The monoisotopic (exact) mass is 414 g/mol. The highest BCUT2D eigenvalue weighted by Gasteiger charge is 2.16. The molecular formula is C21H30N6O3. The molecule has 2 aromatic rings. The number of hydrogen-bond acceptors (Lipinski definition) is 5. The number of nitrogens with zero attached hydrogens (tertiary/aromatic N) is 4. The molecule has 0 aliphatic rings. The summed E-state index contributed by atoms with van der Waals surface area (Å²) in [6, 6.07) is 8.52. The van der Waals surface area contributed by atoms with Gasteiger partial charge in [-0.25, -0.2) is 0 Å². The van der Waals surface area contributed by atoms with Crippen LogP contribution in [0.15, 0.2) is 36.5 Å². The van der Waals surface area contributed by atoms with Crippen molar-refractivity contribution in [2.75, 3.05) is 44.4 Å². The van der Waals surface area contributed by atoms with Crippen LogP contribution in [0.4, 0.5) is 11.5 Å². The van der Waals surface area contributed by atoms with Crippen molar-refractivity contribution in [3.63, 3.8) is 0 Å². The number of benzene rings is 1. The summed E-state index contributed by atoms with van der Waals surface area (Å²) in [4.78, 5) is 40.2. The fraction of sp³-hybridized carbons (Fsp3) is 0.429. The summed E-state index contributed by atoms with van der Waals surface area (Å²) in [5.41, 5.74) is 1.32. The second-order valence-corrected chi connectivity index (χ2v) is 7.12. The Hall–Kier alpha value is -3.20. The molecule has 2 rings (SSSR count). The summed E-state index contributed by atoms with van der Waals surface area (Å²) in [7, 11) is 3.93. The van der Waals surface area contributed by atoms with Gasteiger partial charge in [-0.1, -0.05) is 12.1 Å². The molecule has 9 nitrogen and oxygen atoms in total. The summed E-state index contributed by atoms with van der Waals surface area (Å²) in [6.07, 6.45) is 2.04. The Labute approximate surface area is 177 Å². The van der Waals surface area contributed by atoms with Gasteiger partial charge in [0.1, 0.15) is 0 Å². The van der Waals surface area contributed by atoms with Gasteiger partial charge in [0.2, 0.25) is 5.91 Å². The third kappa shape index (κ3) is 7.00. The molecule has 0 spiro atoms. The van der Waals surface area contributed by atoms with Crippen molar-refractivity contribution in [2.24, 2.45) is 0 Å². The third-order valence-electron chi connectivity index (χ3n) is 4.55. The first-order valence-electron chi connectivity index (χ1n) is 9.99. The molecule has 1 aromatic heterocycles. The lowest BCUT2D eigenvalue weighted by Gasteiger charge is -2.18. The maximum Gasteiger partial charge on any atom is 0.315 e. The lowest BCUT2D eigenvalue weighted by Crippen LogP contribution is -2.31. The quantitative estimate of drug-likeness (QED) is 0.605. The van der Waals surface area contributed by atoms with Crippen LogP contribution < -0.4 is 10.6 Å². The summed E-state index contributed by atoms with van der Waals surface area (Å²) >= 11 is 0. The summed E-state index contributed by atoms with van der Waals surface area (Å²) in [5, 5.41) is 9.25. The minimum atomic E-state index is -0.798. The predicted molar refractivity (Wildman–Crippen MR) is 116 cm³/mol. The van der Waals surface area contributed by atoms with E-state index in [4.69, 9.17) is 0 Å². The molecule has 0 bridgehead atoms. The molecule has 1 aromatic carbocycles. The van der Waals surface area contributed by atoms with Crippen molar-refractivity contribution >= 4 is 29.2 Å². The van der Waals surface area contributed by atoms with Crippen LogP contribution in [0, 0.1) is 0 Å². The van der Waals surface area contributed by atoms with Gasteiger partial charge in [-0.05, 0) is 45.6 Å². The Bertz CT molecular complexity index is 856. The fourth-order valence-electron chi connectivity index (χ4n) is 2.78. The smallest absolute Gasteiger partial charge is 0.315 e. The molecule has 0 saturated carbocycles. The molecule has 0 saturated heterocycles.